The number of aliphatic hydroxyl groups is 3. The molecule has 324 valence electrons. The first kappa shape index (κ1) is 47.7. The van der Waals surface area contributed by atoms with Gasteiger partial charge in [-0.1, -0.05) is 41.5 Å². The molecular weight excluding hydrogens is 1090 g/mol. The van der Waals surface area contributed by atoms with Crippen molar-refractivity contribution < 1.29 is 53.9 Å². The lowest BCUT2D eigenvalue weighted by Gasteiger charge is -2.68. The quantitative estimate of drug-likeness (QED) is 0.0765. The lowest BCUT2D eigenvalue weighted by molar-refractivity contribution is -0.251. The Morgan fingerprint density at radius 1 is 0.845 bits per heavy atom. The Morgan fingerprint density at radius 2 is 1.41 bits per heavy atom. The van der Waals surface area contributed by atoms with E-state index in [1.165, 1.54) is 20.8 Å². The summed E-state index contributed by atoms with van der Waals surface area (Å²) in [5.41, 5.74) is -2.62. The van der Waals surface area contributed by atoms with E-state index in [1.807, 2.05) is 67.8 Å². The number of ether oxygens (including phenoxy) is 2. The summed E-state index contributed by atoms with van der Waals surface area (Å²) in [5, 5.41) is 51.4. The second-order valence-corrected chi connectivity index (χ2v) is 22.3. The smallest absolute Gasteiger partial charge is 0.343 e. The van der Waals surface area contributed by atoms with Gasteiger partial charge in [-0.05, 0) is 170 Å². The van der Waals surface area contributed by atoms with Gasteiger partial charge in [-0.15, -0.1) is 0 Å². The normalized spacial score (nSPS) is 35.4. The SMILES string of the molecule is CC(=O)Nc1c(I)c(NC(C)=O)c(I)c(C(=O)OC(C)OC(=O)[C@@]2(O)CC(C(C)(C)C)[C@@]3(C)[C@H](C[C@@H](O)[C@@H]4[C@@H]3C[C@H](O)[C@]3(C)[C@@H]([C@H](C)CCC(=O)O)CC[C@@H]43)C2)c1I. The number of fused-ring (bicyclic) bond motifs is 5. The van der Waals surface area contributed by atoms with Crippen LogP contribution in [0, 0.1) is 68.4 Å². The molecule has 1 aromatic rings. The molecule has 0 bridgehead atoms. The van der Waals surface area contributed by atoms with E-state index in [-0.39, 0.29) is 78.1 Å². The van der Waals surface area contributed by atoms with Gasteiger partial charge in [0.05, 0.1) is 39.9 Å². The minimum absolute atomic E-state index is 0.0236. The lowest BCUT2D eigenvalue weighted by atomic mass is 9.38. The van der Waals surface area contributed by atoms with Gasteiger partial charge >= 0.3 is 17.9 Å². The second kappa shape index (κ2) is 17.4. The third-order valence-corrected chi connectivity index (χ3v) is 17.9. The molecule has 4 aliphatic carbocycles. The van der Waals surface area contributed by atoms with Crippen LogP contribution in [0.3, 0.4) is 0 Å². The Hall–Kier alpha value is -1.36. The summed E-state index contributed by atoms with van der Waals surface area (Å²) in [6.45, 7) is 16.8. The molecule has 4 fully saturated rings. The van der Waals surface area contributed by atoms with Gasteiger partial charge in [0.15, 0.2) is 5.60 Å². The molecule has 58 heavy (non-hydrogen) atoms. The number of carbonyl (C=O) groups is 5. The highest BCUT2D eigenvalue weighted by atomic mass is 127. The molecule has 16 heteroatoms. The Morgan fingerprint density at radius 3 is 1.93 bits per heavy atom. The van der Waals surface area contributed by atoms with Crippen LogP contribution in [0.2, 0.25) is 0 Å². The number of rotatable bonds is 10. The number of amides is 2. The van der Waals surface area contributed by atoms with E-state index in [1.54, 1.807) is 0 Å². The first-order valence-corrected chi connectivity index (χ1v) is 23.4. The van der Waals surface area contributed by atoms with Crippen molar-refractivity contribution in [3.8, 4) is 0 Å². The fourth-order valence-corrected chi connectivity index (χ4v) is 16.3. The summed E-state index contributed by atoms with van der Waals surface area (Å²) < 4.78 is 12.6. The number of aliphatic carboxylic acids is 1. The summed E-state index contributed by atoms with van der Waals surface area (Å²) >= 11 is 5.82. The van der Waals surface area contributed by atoms with Gasteiger partial charge in [-0.3, -0.25) is 14.4 Å². The van der Waals surface area contributed by atoms with Gasteiger partial charge in [0, 0.05) is 27.2 Å². The topological polar surface area (TPSA) is 209 Å². The van der Waals surface area contributed by atoms with Gasteiger partial charge in [-0.2, -0.15) is 0 Å². The molecule has 0 saturated heterocycles. The number of anilines is 2. The van der Waals surface area contributed by atoms with Crippen LogP contribution in [0.25, 0.3) is 0 Å². The van der Waals surface area contributed by atoms with Crippen molar-refractivity contribution in [1.82, 2.24) is 0 Å². The molecule has 0 spiro atoms. The minimum Gasteiger partial charge on any atom is -0.481 e. The first-order valence-electron chi connectivity index (χ1n) is 20.2. The van der Waals surface area contributed by atoms with Crippen LogP contribution >= 0.6 is 67.8 Å². The van der Waals surface area contributed by atoms with Crippen LogP contribution in [0.5, 0.6) is 0 Å². The van der Waals surface area contributed by atoms with E-state index in [0.717, 1.165) is 12.8 Å². The number of hydrogen-bond acceptors (Lipinski definition) is 10. The summed E-state index contributed by atoms with van der Waals surface area (Å²) in [6.07, 6.45) is 0.429. The van der Waals surface area contributed by atoms with Crippen molar-refractivity contribution in [2.24, 2.45) is 57.7 Å². The Balaban J connectivity index is 1.39. The van der Waals surface area contributed by atoms with Crippen molar-refractivity contribution in [3.05, 3.63) is 16.3 Å². The molecule has 0 heterocycles. The van der Waals surface area contributed by atoms with Crippen LogP contribution in [0.4, 0.5) is 11.4 Å². The molecule has 0 radical (unpaired) electrons. The zero-order chi connectivity index (χ0) is 43.6. The first-order chi connectivity index (χ1) is 26.7. The molecule has 0 aliphatic heterocycles. The molecule has 6 N–H and O–H groups in total. The summed E-state index contributed by atoms with van der Waals surface area (Å²) in [4.78, 5) is 63.5. The number of benzene rings is 1. The molecule has 2 unspecified atom stereocenters. The van der Waals surface area contributed by atoms with Crippen LogP contribution in [-0.2, 0) is 28.7 Å². The molecule has 13 nitrogen and oxygen atoms in total. The number of carbonyl (C=O) groups excluding carboxylic acids is 4. The van der Waals surface area contributed by atoms with Crippen molar-refractivity contribution in [2.75, 3.05) is 10.6 Å². The maximum absolute atomic E-state index is 14.1. The van der Waals surface area contributed by atoms with Gasteiger partial charge < -0.3 is 40.5 Å². The fraction of sp³-hybridized carbons (Fsp3) is 0.738. The van der Waals surface area contributed by atoms with E-state index in [2.05, 4.69) is 52.2 Å². The van der Waals surface area contributed by atoms with Gasteiger partial charge in [0.2, 0.25) is 18.1 Å². The van der Waals surface area contributed by atoms with Gasteiger partial charge in [0.1, 0.15) is 0 Å². The molecule has 1 aromatic carbocycles. The Labute approximate surface area is 382 Å². The highest BCUT2D eigenvalue weighted by Crippen LogP contribution is 2.71. The van der Waals surface area contributed by atoms with Crippen LogP contribution in [0.1, 0.15) is 124 Å². The number of nitrogens with one attached hydrogen (secondary N) is 2. The zero-order valence-electron chi connectivity index (χ0n) is 34.7. The number of carboxylic acid groups (broad SMARTS) is 1. The largest absolute Gasteiger partial charge is 0.481 e. The maximum atomic E-state index is 14.1. The average molecular weight is 1150 g/mol. The molecule has 4 saturated carbocycles. The molecule has 5 rings (SSSR count). The average Bonchev–Trinajstić information content (AvgIpc) is 3.46. The third-order valence-electron chi connectivity index (χ3n) is 14.6. The van der Waals surface area contributed by atoms with E-state index in [4.69, 9.17) is 9.47 Å². The van der Waals surface area contributed by atoms with E-state index in [9.17, 15) is 44.4 Å². The number of hydrogen-bond donors (Lipinski definition) is 6. The zero-order valence-corrected chi connectivity index (χ0v) is 41.2. The predicted molar refractivity (Wildman–Crippen MR) is 241 cm³/mol. The molecule has 0 aromatic heterocycles. The van der Waals surface area contributed by atoms with Crippen LogP contribution in [0.15, 0.2) is 0 Å². The summed E-state index contributed by atoms with van der Waals surface area (Å²) in [6, 6.07) is 0. The minimum atomic E-state index is -1.96. The Bertz CT molecular complexity index is 1790. The predicted octanol–water partition coefficient (Wildman–Crippen LogP) is 7.57. The number of carboxylic acids is 1. The van der Waals surface area contributed by atoms with E-state index >= 15 is 0 Å². The van der Waals surface area contributed by atoms with Crippen molar-refractivity contribution in [3.63, 3.8) is 0 Å². The maximum Gasteiger partial charge on any atom is 0.343 e. The number of aliphatic hydroxyl groups excluding tert-OH is 2. The second-order valence-electron chi connectivity index (χ2n) is 19.0. The lowest BCUT2D eigenvalue weighted by Crippen LogP contribution is -2.67. The third kappa shape index (κ3) is 8.67. The highest BCUT2D eigenvalue weighted by Gasteiger charge is 2.70. The van der Waals surface area contributed by atoms with Crippen molar-refractivity contribution in [1.29, 1.82) is 0 Å². The summed E-state index contributed by atoms with van der Waals surface area (Å²) in [5.74, 6) is -3.84. The standard InChI is InChI=1S/C42H59I3N2O11/c1-18(10-13-29(52)53)23-11-12-24-30-25(15-28(51)41(23,24)9)40(8)22(14-26(30)50)16-42(56,17-27(40)39(5,6)7)38(55)58-21(4)57-37(54)31-32(43)35(46-19(2)48)34(45)36(33(31)44)47-20(3)49/h18,21-28,30,50-51,56H,10-17H2,1-9H3,(H,46,48)(H,47,49)(H,52,53)/t18-,21?,22-,23-,24+,25+,26-,27?,28+,30+,40+,41-,42+/m1/s1. The molecule has 4 aliphatic rings. The van der Waals surface area contributed by atoms with E-state index < -0.39 is 58.3 Å². The molecular formula is C42H59I3N2O11. The highest BCUT2D eigenvalue weighted by molar-refractivity contribution is 14.1. The monoisotopic (exact) mass is 1150 g/mol. The van der Waals surface area contributed by atoms with Crippen LogP contribution < -0.4 is 10.6 Å². The Kier molecular flexibility index (Phi) is 14.3. The van der Waals surface area contributed by atoms with Crippen molar-refractivity contribution >= 4 is 109 Å². The molecule has 2 amide bonds. The fourth-order valence-electron chi connectivity index (χ4n) is 12.2. The van der Waals surface area contributed by atoms with Gasteiger partial charge in [0.25, 0.3) is 0 Å². The van der Waals surface area contributed by atoms with Gasteiger partial charge in [-0.25, -0.2) is 9.59 Å². The molecule has 13 atom stereocenters. The number of halogens is 3. The number of esters is 2. The summed E-state index contributed by atoms with van der Waals surface area (Å²) in [7, 11) is 0. The van der Waals surface area contributed by atoms with Crippen molar-refractivity contribution in [2.45, 2.75) is 138 Å². The van der Waals surface area contributed by atoms with E-state index in [0.29, 0.717) is 41.3 Å². The van der Waals surface area contributed by atoms with Crippen LogP contribution in [-0.4, -0.2) is 74.2 Å².